The highest BCUT2D eigenvalue weighted by molar-refractivity contribution is 5.90. The highest BCUT2D eigenvalue weighted by Crippen LogP contribution is 2.62. The van der Waals surface area contributed by atoms with Gasteiger partial charge in [0, 0.05) is 49.2 Å². The van der Waals surface area contributed by atoms with Crippen molar-refractivity contribution in [3.05, 3.63) is 48.0 Å². The lowest BCUT2D eigenvalue weighted by molar-refractivity contribution is -0.121. The van der Waals surface area contributed by atoms with Crippen molar-refractivity contribution in [3.63, 3.8) is 0 Å². The van der Waals surface area contributed by atoms with E-state index in [1.54, 1.807) is 29.2 Å². The molecule has 4 atom stereocenters. The van der Waals surface area contributed by atoms with Crippen LogP contribution in [0.1, 0.15) is 33.4 Å². The topological polar surface area (TPSA) is 125 Å². The van der Waals surface area contributed by atoms with E-state index >= 15 is 4.39 Å². The van der Waals surface area contributed by atoms with Crippen molar-refractivity contribution >= 4 is 23.8 Å². The summed E-state index contributed by atoms with van der Waals surface area (Å²) in [4.78, 5) is 43.2. The van der Waals surface area contributed by atoms with Crippen molar-refractivity contribution in [1.29, 1.82) is 5.26 Å². The molecule has 0 bridgehead atoms. The van der Waals surface area contributed by atoms with Gasteiger partial charge >= 0.3 is 12.2 Å². The number of cyclic esters (lactones) is 1. The number of nitriles is 1. The zero-order chi connectivity index (χ0) is 27.4. The fraction of sp³-hybridized carbons (Fsp3) is 0.444. The Kier molecular flexibility index (Phi) is 6.01. The number of pyridine rings is 1. The van der Waals surface area contributed by atoms with Crippen LogP contribution in [0.25, 0.3) is 11.1 Å². The number of hydrogen-bond donors (Lipinski definition) is 1. The van der Waals surface area contributed by atoms with Crippen LogP contribution in [0.2, 0.25) is 0 Å². The molecule has 1 aromatic carbocycles. The second-order valence-electron chi connectivity index (χ2n) is 10.9. The Morgan fingerprint density at radius 3 is 2.47 bits per heavy atom. The molecule has 2 aromatic rings. The average Bonchev–Trinajstić information content (AvgIpc) is 3.10. The van der Waals surface area contributed by atoms with Gasteiger partial charge in [0.1, 0.15) is 16.8 Å². The summed E-state index contributed by atoms with van der Waals surface area (Å²) in [5, 5.41) is 12.5. The summed E-state index contributed by atoms with van der Waals surface area (Å²) in [6, 6.07) is 10.2. The highest BCUT2D eigenvalue weighted by Gasteiger charge is 2.71. The van der Waals surface area contributed by atoms with Crippen LogP contribution in [0, 0.1) is 29.0 Å². The van der Waals surface area contributed by atoms with E-state index in [0.29, 0.717) is 30.0 Å². The predicted molar refractivity (Wildman–Crippen MR) is 133 cm³/mol. The van der Waals surface area contributed by atoms with E-state index in [4.69, 9.17) is 9.47 Å². The first-order chi connectivity index (χ1) is 17.9. The average molecular weight is 522 g/mol. The van der Waals surface area contributed by atoms with Gasteiger partial charge in [-0.2, -0.15) is 5.26 Å². The largest absolute Gasteiger partial charge is 0.444 e. The number of anilines is 1. The predicted octanol–water partition coefficient (Wildman–Crippen LogP) is 3.56. The number of ether oxygens (including phenoxy) is 2. The molecule has 1 N–H and O–H groups in total. The first-order valence-electron chi connectivity index (χ1n) is 12.3. The van der Waals surface area contributed by atoms with Gasteiger partial charge in [-0.3, -0.25) is 14.7 Å². The molecule has 11 heteroatoms. The molecule has 1 aliphatic carbocycles. The Labute approximate surface area is 219 Å². The van der Waals surface area contributed by atoms with E-state index in [1.807, 2.05) is 20.8 Å². The summed E-state index contributed by atoms with van der Waals surface area (Å²) in [6.07, 6.45) is -0.330. The Balaban J connectivity index is 1.28. The quantitative estimate of drug-likeness (QED) is 0.652. The SMILES string of the molecule is CC(=O)NC1CN(c2ccc(-c3ccc([C@@]4(C#N)[C@@H]5CN(C(=O)OC(C)(C)C)C[C@@H]54)nc3)c(F)c2)C(=O)O1. The van der Waals surface area contributed by atoms with Gasteiger partial charge in [0.05, 0.1) is 24.0 Å². The summed E-state index contributed by atoms with van der Waals surface area (Å²) in [6.45, 7) is 7.67. The Morgan fingerprint density at radius 1 is 1.21 bits per heavy atom. The number of hydrogen-bond acceptors (Lipinski definition) is 7. The van der Waals surface area contributed by atoms with Crippen molar-refractivity contribution in [2.24, 2.45) is 11.8 Å². The van der Waals surface area contributed by atoms with E-state index < -0.39 is 29.2 Å². The summed E-state index contributed by atoms with van der Waals surface area (Å²) in [5.41, 5.74) is 0.346. The van der Waals surface area contributed by atoms with Gasteiger partial charge in [0.15, 0.2) is 6.23 Å². The number of carbonyl (C=O) groups is 3. The van der Waals surface area contributed by atoms with E-state index in [1.165, 1.54) is 24.1 Å². The second kappa shape index (κ2) is 8.97. The van der Waals surface area contributed by atoms with E-state index in [9.17, 15) is 19.6 Å². The van der Waals surface area contributed by atoms with Crippen LogP contribution >= 0.6 is 0 Å². The monoisotopic (exact) mass is 521 g/mol. The van der Waals surface area contributed by atoms with Gasteiger partial charge in [-0.25, -0.2) is 14.0 Å². The zero-order valence-electron chi connectivity index (χ0n) is 21.5. The zero-order valence-corrected chi connectivity index (χ0v) is 21.5. The number of piperidine rings is 1. The van der Waals surface area contributed by atoms with Crippen LogP contribution in [0.3, 0.4) is 0 Å². The van der Waals surface area contributed by atoms with Gasteiger partial charge in [0.2, 0.25) is 5.91 Å². The molecule has 2 aliphatic heterocycles. The number of rotatable bonds is 4. The molecular weight excluding hydrogens is 493 g/mol. The molecule has 198 valence electrons. The molecule has 3 fully saturated rings. The minimum atomic E-state index is -0.801. The Morgan fingerprint density at radius 2 is 1.92 bits per heavy atom. The fourth-order valence-electron chi connectivity index (χ4n) is 5.39. The van der Waals surface area contributed by atoms with Crippen LogP contribution in [-0.4, -0.2) is 59.4 Å². The Bertz CT molecular complexity index is 1340. The number of carbonyl (C=O) groups excluding carboxylic acids is 3. The molecule has 1 saturated carbocycles. The maximum atomic E-state index is 15.1. The summed E-state index contributed by atoms with van der Waals surface area (Å²) in [5.74, 6) is -0.957. The van der Waals surface area contributed by atoms with Crippen LogP contribution in [0.15, 0.2) is 36.5 Å². The Hall–Kier alpha value is -4.20. The van der Waals surface area contributed by atoms with Gasteiger partial charge in [-0.15, -0.1) is 0 Å². The maximum absolute atomic E-state index is 15.1. The number of amides is 3. The molecule has 0 spiro atoms. The summed E-state index contributed by atoms with van der Waals surface area (Å²) < 4.78 is 25.6. The molecule has 0 radical (unpaired) electrons. The third-order valence-corrected chi connectivity index (χ3v) is 7.16. The van der Waals surface area contributed by atoms with E-state index in [2.05, 4.69) is 16.4 Å². The molecule has 1 unspecified atom stereocenters. The number of aromatic nitrogens is 1. The minimum Gasteiger partial charge on any atom is -0.444 e. The van der Waals surface area contributed by atoms with Crippen molar-refractivity contribution in [2.75, 3.05) is 24.5 Å². The fourth-order valence-corrected chi connectivity index (χ4v) is 5.39. The number of benzene rings is 1. The maximum Gasteiger partial charge on any atom is 0.416 e. The van der Waals surface area contributed by atoms with Crippen molar-refractivity contribution < 1.29 is 28.2 Å². The molecule has 3 heterocycles. The summed E-state index contributed by atoms with van der Waals surface area (Å²) in [7, 11) is 0. The second-order valence-corrected chi connectivity index (χ2v) is 10.9. The van der Waals surface area contributed by atoms with Crippen LogP contribution in [0.5, 0.6) is 0 Å². The number of nitrogens with zero attached hydrogens (tertiary/aromatic N) is 4. The number of halogens is 1. The molecule has 38 heavy (non-hydrogen) atoms. The highest BCUT2D eigenvalue weighted by atomic mass is 19.1. The molecular formula is C27H28FN5O5. The van der Waals surface area contributed by atoms with Crippen molar-refractivity contribution in [2.45, 2.75) is 44.9 Å². The van der Waals surface area contributed by atoms with Crippen LogP contribution in [-0.2, 0) is 19.7 Å². The van der Waals surface area contributed by atoms with Gasteiger partial charge in [-0.1, -0.05) is 6.07 Å². The molecule has 2 saturated heterocycles. The van der Waals surface area contributed by atoms with Crippen LogP contribution < -0.4 is 10.2 Å². The minimum absolute atomic E-state index is 0.0316. The smallest absolute Gasteiger partial charge is 0.416 e. The van der Waals surface area contributed by atoms with Crippen LogP contribution in [0.4, 0.5) is 19.7 Å². The van der Waals surface area contributed by atoms with Gasteiger partial charge in [0.25, 0.3) is 0 Å². The third-order valence-electron chi connectivity index (χ3n) is 7.16. The lowest BCUT2D eigenvalue weighted by Gasteiger charge is -2.27. The number of nitrogens with one attached hydrogen (secondary N) is 1. The molecule has 3 aliphatic rings. The van der Waals surface area contributed by atoms with Crippen molar-refractivity contribution in [1.82, 2.24) is 15.2 Å². The number of likely N-dealkylation sites (tertiary alicyclic amines) is 1. The number of fused-ring (bicyclic) bond motifs is 1. The van der Waals surface area contributed by atoms with Gasteiger partial charge < -0.3 is 19.7 Å². The first-order valence-corrected chi connectivity index (χ1v) is 12.3. The molecule has 10 nitrogen and oxygen atoms in total. The van der Waals surface area contributed by atoms with Crippen molar-refractivity contribution in [3.8, 4) is 17.2 Å². The standard InChI is InChI=1S/C27H28FN5O5/c1-15(34)31-23-13-33(25(36)37-23)17-6-7-18(21(28)9-17)16-5-8-22(30-10-16)27(14-29)19-11-32(12-20(19)27)24(35)38-26(2,3)4/h5-10,19-20,23H,11-13H2,1-4H3,(H,31,34)/t19-,20+,23?,27+. The normalized spacial score (nSPS) is 25.9. The van der Waals surface area contributed by atoms with E-state index in [0.717, 1.165) is 0 Å². The lowest BCUT2D eigenvalue weighted by Crippen LogP contribution is -2.39. The molecule has 3 amide bonds. The van der Waals surface area contributed by atoms with Gasteiger partial charge in [-0.05, 0) is 45.0 Å². The first kappa shape index (κ1) is 25.4. The molecule has 5 rings (SSSR count). The third kappa shape index (κ3) is 4.40. The van der Waals surface area contributed by atoms with E-state index in [-0.39, 0.29) is 35.9 Å². The molecule has 1 aromatic heterocycles. The summed E-state index contributed by atoms with van der Waals surface area (Å²) >= 11 is 0. The lowest BCUT2D eigenvalue weighted by atomic mass is 9.95.